The fourth-order valence-electron chi connectivity index (χ4n) is 0.687. The molecule has 0 aromatic carbocycles. The van der Waals surface area contributed by atoms with E-state index in [1.165, 1.54) is 6.92 Å². The summed E-state index contributed by atoms with van der Waals surface area (Å²) in [6.45, 7) is 9.29. The third-order valence-electron chi connectivity index (χ3n) is 1.81. The predicted molar refractivity (Wildman–Crippen MR) is 67.0 cm³/mol. The third kappa shape index (κ3) is 13.6. The minimum atomic E-state index is -4.01. The normalized spacial score (nSPS) is 12.5. The fourth-order valence-corrected chi connectivity index (χ4v) is 0.956. The van der Waals surface area contributed by atoms with Gasteiger partial charge in [0.2, 0.25) is 0 Å². The Balaban J connectivity index is 0. The molecular weight excluding hydrogens is 228 g/mol. The highest BCUT2D eigenvalue weighted by Crippen LogP contribution is 2.02. The van der Waals surface area contributed by atoms with E-state index in [1.54, 1.807) is 0 Å². The maximum Gasteiger partial charge on any atom is 0.291 e. The standard InChI is InChI=1S/C7H16O4S.C4H8/c1-3-4-5-6-11-7(2)12(8,9)10;1-3-4-2/h7H,3-6H2,1-2H3,(H,8,9,10);3H,1,4H2,2H3. The lowest BCUT2D eigenvalue weighted by molar-refractivity contribution is 0.107. The minimum Gasteiger partial charge on any atom is -0.360 e. The molecule has 0 bridgehead atoms. The lowest BCUT2D eigenvalue weighted by Gasteiger charge is -2.08. The van der Waals surface area contributed by atoms with E-state index in [9.17, 15) is 8.42 Å². The maximum atomic E-state index is 10.4. The first-order valence-electron chi connectivity index (χ1n) is 5.58. The van der Waals surface area contributed by atoms with Crippen LogP contribution in [0.3, 0.4) is 0 Å². The molecule has 1 N–H and O–H groups in total. The molecule has 0 saturated carbocycles. The van der Waals surface area contributed by atoms with Gasteiger partial charge in [-0.2, -0.15) is 8.42 Å². The molecule has 0 aliphatic heterocycles. The van der Waals surface area contributed by atoms with Crippen molar-refractivity contribution in [3.8, 4) is 0 Å². The molecule has 0 heterocycles. The molecule has 0 aromatic heterocycles. The smallest absolute Gasteiger partial charge is 0.291 e. The highest BCUT2D eigenvalue weighted by molar-refractivity contribution is 7.86. The predicted octanol–water partition coefficient (Wildman–Crippen LogP) is 3.01. The lowest BCUT2D eigenvalue weighted by Crippen LogP contribution is -2.20. The summed E-state index contributed by atoms with van der Waals surface area (Å²) in [6.07, 6.45) is 5.86. The highest BCUT2D eigenvalue weighted by atomic mass is 32.2. The summed E-state index contributed by atoms with van der Waals surface area (Å²) in [5.41, 5.74) is -1.10. The molecule has 98 valence electrons. The van der Waals surface area contributed by atoms with Crippen molar-refractivity contribution in [1.29, 1.82) is 0 Å². The quantitative estimate of drug-likeness (QED) is 0.430. The molecule has 0 aliphatic carbocycles. The molecule has 0 aromatic rings. The van der Waals surface area contributed by atoms with E-state index in [2.05, 4.69) is 13.5 Å². The Hall–Kier alpha value is -0.390. The molecule has 4 nitrogen and oxygen atoms in total. The van der Waals surface area contributed by atoms with Crippen LogP contribution in [0.15, 0.2) is 12.7 Å². The van der Waals surface area contributed by atoms with E-state index in [4.69, 9.17) is 9.29 Å². The molecule has 0 spiro atoms. The van der Waals surface area contributed by atoms with Gasteiger partial charge in [-0.15, -0.1) is 6.58 Å². The Bertz CT molecular complexity index is 247. The van der Waals surface area contributed by atoms with Crippen LogP contribution in [0.25, 0.3) is 0 Å². The van der Waals surface area contributed by atoms with Crippen molar-refractivity contribution in [2.45, 2.75) is 51.9 Å². The number of hydrogen-bond donors (Lipinski definition) is 1. The van der Waals surface area contributed by atoms with Gasteiger partial charge in [0.05, 0.1) is 0 Å². The van der Waals surface area contributed by atoms with E-state index in [0.717, 1.165) is 25.7 Å². The topological polar surface area (TPSA) is 63.6 Å². The molecule has 0 fully saturated rings. The number of hydrogen-bond acceptors (Lipinski definition) is 3. The van der Waals surface area contributed by atoms with Crippen LogP contribution < -0.4 is 0 Å². The van der Waals surface area contributed by atoms with Crippen LogP contribution in [0.2, 0.25) is 0 Å². The molecule has 0 amide bonds. The number of allylic oxidation sites excluding steroid dienone is 1. The number of ether oxygens (including phenoxy) is 1. The molecule has 0 radical (unpaired) electrons. The van der Waals surface area contributed by atoms with Gasteiger partial charge in [-0.1, -0.05) is 32.8 Å². The van der Waals surface area contributed by atoms with Gasteiger partial charge < -0.3 is 4.74 Å². The largest absolute Gasteiger partial charge is 0.360 e. The van der Waals surface area contributed by atoms with E-state index >= 15 is 0 Å². The van der Waals surface area contributed by atoms with Gasteiger partial charge in [-0.25, -0.2) is 0 Å². The number of unbranched alkanes of at least 4 members (excludes halogenated alkanes) is 2. The zero-order chi connectivity index (χ0) is 13.0. The van der Waals surface area contributed by atoms with Gasteiger partial charge in [0, 0.05) is 6.61 Å². The van der Waals surface area contributed by atoms with Gasteiger partial charge >= 0.3 is 0 Å². The SMILES string of the molecule is C=CCC.CCCCCOC(C)S(=O)(=O)O. The Morgan fingerprint density at radius 1 is 1.38 bits per heavy atom. The monoisotopic (exact) mass is 252 g/mol. The second kappa shape index (κ2) is 11.1. The second-order valence-corrected chi connectivity index (χ2v) is 5.05. The van der Waals surface area contributed by atoms with E-state index < -0.39 is 15.6 Å². The Labute approximate surface area is 99.4 Å². The van der Waals surface area contributed by atoms with E-state index in [-0.39, 0.29) is 0 Å². The van der Waals surface area contributed by atoms with Gasteiger partial charge in [0.1, 0.15) is 0 Å². The maximum absolute atomic E-state index is 10.4. The van der Waals surface area contributed by atoms with E-state index in [0.29, 0.717) is 6.61 Å². The van der Waals surface area contributed by atoms with E-state index in [1.807, 2.05) is 13.0 Å². The Morgan fingerprint density at radius 3 is 2.19 bits per heavy atom. The second-order valence-electron chi connectivity index (χ2n) is 3.36. The van der Waals surface area contributed by atoms with Crippen molar-refractivity contribution in [3.05, 3.63) is 12.7 Å². The van der Waals surface area contributed by atoms with Crippen LogP contribution in [0.5, 0.6) is 0 Å². The average Bonchev–Trinajstić information content (AvgIpc) is 2.23. The van der Waals surface area contributed by atoms with Crippen LogP contribution in [-0.2, 0) is 14.9 Å². The van der Waals surface area contributed by atoms with Crippen molar-refractivity contribution in [2.24, 2.45) is 0 Å². The Kier molecular flexibility index (Phi) is 12.5. The van der Waals surface area contributed by atoms with Crippen molar-refractivity contribution >= 4 is 10.1 Å². The van der Waals surface area contributed by atoms with Crippen LogP contribution >= 0.6 is 0 Å². The summed E-state index contributed by atoms with van der Waals surface area (Å²) >= 11 is 0. The molecule has 0 rings (SSSR count). The van der Waals surface area contributed by atoms with Gasteiger partial charge in [0.25, 0.3) is 10.1 Å². The third-order valence-corrected chi connectivity index (χ3v) is 2.78. The zero-order valence-electron chi connectivity index (χ0n) is 10.5. The summed E-state index contributed by atoms with van der Waals surface area (Å²) in [5, 5.41) is 0. The molecule has 0 aliphatic rings. The first kappa shape index (κ1) is 18.0. The van der Waals surface area contributed by atoms with Gasteiger partial charge in [-0.05, 0) is 19.8 Å². The zero-order valence-corrected chi connectivity index (χ0v) is 11.3. The molecule has 1 unspecified atom stereocenters. The summed E-state index contributed by atoms with van der Waals surface area (Å²) in [5.74, 6) is 0. The highest BCUT2D eigenvalue weighted by Gasteiger charge is 2.16. The van der Waals surface area contributed by atoms with Crippen LogP contribution in [0, 0.1) is 0 Å². The summed E-state index contributed by atoms with van der Waals surface area (Å²) < 4.78 is 34.2. The van der Waals surface area contributed by atoms with Crippen molar-refractivity contribution in [3.63, 3.8) is 0 Å². The number of rotatable bonds is 7. The van der Waals surface area contributed by atoms with Crippen molar-refractivity contribution < 1.29 is 17.7 Å². The van der Waals surface area contributed by atoms with Crippen LogP contribution in [0.1, 0.15) is 46.5 Å². The Morgan fingerprint density at radius 2 is 1.88 bits per heavy atom. The average molecular weight is 252 g/mol. The first-order chi connectivity index (χ1) is 7.40. The fraction of sp³-hybridized carbons (Fsp3) is 0.818. The first-order valence-corrected chi connectivity index (χ1v) is 7.09. The van der Waals surface area contributed by atoms with Crippen molar-refractivity contribution in [1.82, 2.24) is 0 Å². The molecule has 16 heavy (non-hydrogen) atoms. The molecule has 1 atom stereocenters. The summed E-state index contributed by atoms with van der Waals surface area (Å²) in [4.78, 5) is 0. The van der Waals surface area contributed by atoms with Gasteiger partial charge in [-0.3, -0.25) is 4.55 Å². The molecule has 5 heteroatoms. The van der Waals surface area contributed by atoms with Gasteiger partial charge in [0.15, 0.2) is 5.44 Å². The lowest BCUT2D eigenvalue weighted by atomic mass is 10.3. The van der Waals surface area contributed by atoms with Crippen LogP contribution in [-0.4, -0.2) is 25.0 Å². The van der Waals surface area contributed by atoms with Crippen molar-refractivity contribution in [2.75, 3.05) is 6.61 Å². The molecule has 0 saturated heterocycles. The van der Waals surface area contributed by atoms with Crippen LogP contribution in [0.4, 0.5) is 0 Å². The molecular formula is C11H24O4S. The summed E-state index contributed by atoms with van der Waals surface area (Å²) in [7, 11) is -4.01. The summed E-state index contributed by atoms with van der Waals surface area (Å²) in [6, 6.07) is 0. The minimum absolute atomic E-state index is 0.384.